The van der Waals surface area contributed by atoms with Crippen molar-refractivity contribution in [2.75, 3.05) is 38.8 Å². The maximum Gasteiger partial charge on any atom is 0.223 e. The van der Waals surface area contributed by atoms with Crippen LogP contribution in [0.5, 0.6) is 0 Å². The number of aromatic nitrogens is 3. The van der Waals surface area contributed by atoms with Gasteiger partial charge in [-0.05, 0) is 38.7 Å². The molecule has 3 heterocycles. The van der Waals surface area contributed by atoms with Gasteiger partial charge in [-0.3, -0.25) is 0 Å². The van der Waals surface area contributed by atoms with Crippen molar-refractivity contribution < 1.29 is 28.8 Å². The third-order valence-corrected chi connectivity index (χ3v) is 7.79. The molecule has 0 saturated carbocycles. The Labute approximate surface area is 250 Å². The first kappa shape index (κ1) is 34.0. The Balaban J connectivity index is 2.13. The van der Waals surface area contributed by atoms with Crippen molar-refractivity contribution in [1.29, 1.82) is 0 Å². The molecule has 0 amide bonds. The Hall–Kier alpha value is -1.53. The van der Waals surface area contributed by atoms with Crippen LogP contribution in [0.3, 0.4) is 0 Å². The summed E-state index contributed by atoms with van der Waals surface area (Å²) in [5, 5.41) is 13.3. The molecule has 0 aliphatic carbocycles. The van der Waals surface area contributed by atoms with E-state index >= 15 is 0 Å². The van der Waals surface area contributed by atoms with Crippen molar-refractivity contribution in [3.05, 3.63) is 17.4 Å². The number of hydrogen-bond donors (Lipinski definition) is 2. The van der Waals surface area contributed by atoms with E-state index in [2.05, 4.69) is 37.7 Å². The minimum Gasteiger partial charge on any atom is -0.383 e. The average Bonchev–Trinajstić information content (AvgIpc) is 3.33. The number of rotatable bonds is 18. The van der Waals surface area contributed by atoms with E-state index in [1.807, 2.05) is 0 Å². The van der Waals surface area contributed by atoms with Gasteiger partial charge in [0.05, 0.1) is 12.0 Å². The lowest BCUT2D eigenvalue weighted by atomic mass is 9.89. The molecular weight excluding hydrogens is 548 g/mol. The number of nitrogen functional groups attached to an aromatic ring is 1. The molecule has 0 radical (unpaired) electrons. The van der Waals surface area contributed by atoms with Crippen molar-refractivity contribution >= 4 is 28.6 Å². The Morgan fingerprint density at radius 1 is 0.927 bits per heavy atom. The molecule has 2 aromatic heterocycles. The highest BCUT2D eigenvalue weighted by Crippen LogP contribution is 2.41. The molecule has 1 aliphatic heterocycles. The smallest absolute Gasteiger partial charge is 0.223 e. The lowest BCUT2D eigenvalue weighted by Crippen LogP contribution is -2.56. The molecule has 11 heteroatoms. The Morgan fingerprint density at radius 3 is 2.15 bits per heavy atom. The second kappa shape index (κ2) is 16.9. The summed E-state index contributed by atoms with van der Waals surface area (Å²) in [5.41, 5.74) is 4.88. The molecule has 3 N–H and O–H groups in total. The van der Waals surface area contributed by atoms with Crippen LogP contribution < -0.4 is 5.73 Å². The van der Waals surface area contributed by atoms with Crippen LogP contribution in [0.25, 0.3) is 11.0 Å². The van der Waals surface area contributed by atoms with Gasteiger partial charge in [-0.2, -0.15) is 4.98 Å². The fourth-order valence-electron chi connectivity index (χ4n) is 5.10. The van der Waals surface area contributed by atoms with Crippen LogP contribution in [-0.4, -0.2) is 82.7 Å². The van der Waals surface area contributed by atoms with Crippen molar-refractivity contribution in [2.24, 2.45) is 0 Å². The third kappa shape index (κ3) is 8.75. The summed E-state index contributed by atoms with van der Waals surface area (Å²) >= 11 is 6.41. The van der Waals surface area contributed by atoms with E-state index in [1.54, 1.807) is 23.8 Å². The van der Waals surface area contributed by atoms with Crippen molar-refractivity contribution in [3.63, 3.8) is 0 Å². The molecule has 234 valence electrons. The first-order valence-electron chi connectivity index (χ1n) is 15.4. The van der Waals surface area contributed by atoms with E-state index < -0.39 is 36.2 Å². The van der Waals surface area contributed by atoms with E-state index in [0.29, 0.717) is 37.5 Å². The fraction of sp³-hybridized carbons (Fsp3) is 0.800. The largest absolute Gasteiger partial charge is 0.383 e. The van der Waals surface area contributed by atoms with Gasteiger partial charge < -0.3 is 39.1 Å². The second-order valence-corrected chi connectivity index (χ2v) is 11.4. The number of aliphatic hydroxyl groups is 1. The van der Waals surface area contributed by atoms with Gasteiger partial charge in [0.15, 0.2) is 6.23 Å². The highest BCUT2D eigenvalue weighted by molar-refractivity contribution is 6.34. The van der Waals surface area contributed by atoms with Crippen LogP contribution in [-0.2, 0) is 23.7 Å². The number of ether oxygens (including phenoxy) is 5. The lowest BCUT2D eigenvalue weighted by molar-refractivity contribution is -0.214. The predicted molar refractivity (Wildman–Crippen MR) is 161 cm³/mol. The molecule has 1 fully saturated rings. The highest BCUT2D eigenvalue weighted by atomic mass is 35.5. The molecule has 1 saturated heterocycles. The molecule has 2 aromatic rings. The fourth-order valence-corrected chi connectivity index (χ4v) is 5.33. The number of fused-ring (bicyclic) bond motifs is 1. The topological polar surface area (TPSA) is 123 Å². The number of halogens is 1. The van der Waals surface area contributed by atoms with Crippen LogP contribution in [0.15, 0.2) is 12.3 Å². The Morgan fingerprint density at radius 2 is 1.51 bits per heavy atom. The summed E-state index contributed by atoms with van der Waals surface area (Å²) < 4.78 is 34.3. The first-order chi connectivity index (χ1) is 19.8. The maximum absolute atomic E-state index is 12.4. The minimum absolute atomic E-state index is 0.0347. The monoisotopic (exact) mass is 598 g/mol. The van der Waals surface area contributed by atoms with Gasteiger partial charge in [0.25, 0.3) is 0 Å². The number of nitrogens with zero attached hydrogens (tertiary/aromatic N) is 3. The summed E-state index contributed by atoms with van der Waals surface area (Å²) in [7, 11) is 0. The molecule has 6 atom stereocenters. The predicted octanol–water partition coefficient (Wildman–Crippen LogP) is 5.69. The van der Waals surface area contributed by atoms with Crippen molar-refractivity contribution in [3.8, 4) is 0 Å². The molecular formula is C30H51ClN4O6. The molecule has 3 rings (SSSR count). The normalized spacial score (nSPS) is 27.0. The van der Waals surface area contributed by atoms with Gasteiger partial charge >= 0.3 is 0 Å². The maximum atomic E-state index is 12.4. The van der Waals surface area contributed by atoms with E-state index in [4.69, 9.17) is 41.0 Å². The lowest BCUT2D eigenvalue weighted by Gasteiger charge is -2.40. The van der Waals surface area contributed by atoms with Gasteiger partial charge in [-0.15, -0.1) is 0 Å². The number of unbranched alkanes of at least 4 members (excludes halogenated alkanes) is 4. The summed E-state index contributed by atoms with van der Waals surface area (Å²) in [6.07, 6.45) is 5.88. The van der Waals surface area contributed by atoms with E-state index in [0.717, 1.165) is 51.4 Å². The van der Waals surface area contributed by atoms with Gasteiger partial charge in [0.1, 0.15) is 40.8 Å². The molecule has 1 aliphatic rings. The molecule has 41 heavy (non-hydrogen) atoms. The van der Waals surface area contributed by atoms with E-state index in [-0.39, 0.29) is 17.7 Å². The van der Waals surface area contributed by atoms with Gasteiger partial charge in [0.2, 0.25) is 5.95 Å². The first-order valence-corrected chi connectivity index (χ1v) is 15.8. The van der Waals surface area contributed by atoms with Crippen LogP contribution in [0.1, 0.15) is 92.2 Å². The van der Waals surface area contributed by atoms with Gasteiger partial charge in [-0.25, -0.2) is 4.98 Å². The summed E-state index contributed by atoms with van der Waals surface area (Å²) in [5.74, 6) is 0.0347. The second-order valence-electron chi connectivity index (χ2n) is 11.0. The zero-order chi connectivity index (χ0) is 29.8. The third-order valence-electron chi connectivity index (χ3n) is 7.50. The summed E-state index contributed by atoms with van der Waals surface area (Å²) in [4.78, 5) is 8.55. The van der Waals surface area contributed by atoms with Gasteiger partial charge in [0, 0.05) is 32.6 Å². The highest BCUT2D eigenvalue weighted by Gasteiger charge is 2.55. The molecule has 10 nitrogen and oxygen atoms in total. The Kier molecular flexibility index (Phi) is 14.0. The standard InChI is InChI=1S/C30H51ClN4O6/c1-6-10-16-37-20-22-23(38-17-11-7-2)24(39-18-12-8-3)25(40-19-13-9-4)30(5,36)28(41-22)35-15-14-21-26(31)33-29(32)34-27(21)35/h14-15,22-25,28,36H,6-13,16-20H2,1-5H3,(H2,32,33,34)/t22-,23-,24+,25-,28-,30-/m1/s1. The van der Waals surface area contributed by atoms with Crippen LogP contribution in [0, 0.1) is 0 Å². The van der Waals surface area contributed by atoms with Crippen molar-refractivity contribution in [2.45, 2.75) is 122 Å². The molecule has 0 bridgehead atoms. The van der Waals surface area contributed by atoms with Crippen LogP contribution in [0.2, 0.25) is 5.15 Å². The zero-order valence-electron chi connectivity index (χ0n) is 25.5. The van der Waals surface area contributed by atoms with Crippen LogP contribution in [0.4, 0.5) is 5.95 Å². The summed E-state index contributed by atoms with van der Waals surface area (Å²) in [6, 6.07) is 1.80. The SMILES string of the molecule is CCCCOC[C@H]1O[C@@H](n2ccc3c(Cl)nc(N)nc32)[C@](C)(O)[C@H](OCCCC)[C@@H](OCCCC)[C@@H]1OCCCC. The summed E-state index contributed by atoms with van der Waals surface area (Å²) in [6.45, 7) is 12.6. The van der Waals surface area contributed by atoms with Gasteiger partial charge in [-0.1, -0.05) is 65.0 Å². The molecule has 0 spiro atoms. The Bertz CT molecular complexity index is 1040. The zero-order valence-corrected chi connectivity index (χ0v) is 26.3. The van der Waals surface area contributed by atoms with Crippen molar-refractivity contribution in [1.82, 2.24) is 14.5 Å². The molecule has 0 aromatic carbocycles. The number of hydrogen-bond acceptors (Lipinski definition) is 9. The minimum atomic E-state index is -1.56. The van der Waals surface area contributed by atoms with Crippen LogP contribution >= 0.6 is 11.6 Å². The number of anilines is 1. The molecule has 0 unspecified atom stereocenters. The van der Waals surface area contributed by atoms with E-state index in [9.17, 15) is 5.11 Å². The number of nitrogens with two attached hydrogens (primary N) is 1. The van der Waals surface area contributed by atoms with E-state index in [1.165, 1.54) is 0 Å². The quantitative estimate of drug-likeness (QED) is 0.164. The average molecular weight is 599 g/mol.